The van der Waals surface area contributed by atoms with Gasteiger partial charge in [0.15, 0.2) is 0 Å². The summed E-state index contributed by atoms with van der Waals surface area (Å²) in [5, 5.41) is 0.588. The van der Waals surface area contributed by atoms with E-state index in [-0.39, 0.29) is 6.09 Å². The highest BCUT2D eigenvalue weighted by molar-refractivity contribution is 14.1. The summed E-state index contributed by atoms with van der Waals surface area (Å²) in [6.45, 7) is 5.08. The Hall–Kier alpha value is -0.490. The van der Waals surface area contributed by atoms with Gasteiger partial charge in [0.2, 0.25) is 0 Å². The maximum atomic E-state index is 11.7. The predicted octanol–water partition coefficient (Wildman–Crippen LogP) is 3.79. The molecular formula is C11H13ClINO2. The molecule has 0 N–H and O–H groups in total. The van der Waals surface area contributed by atoms with E-state index in [4.69, 9.17) is 16.3 Å². The summed E-state index contributed by atoms with van der Waals surface area (Å²) in [5.41, 5.74) is 0. The Labute approximate surface area is 114 Å². The molecule has 0 heterocycles. The van der Waals surface area contributed by atoms with Crippen LogP contribution in [-0.4, -0.2) is 24.1 Å². The molecule has 0 aliphatic carbocycles. The number of carbonyl (C=O) groups excluding carboxylic acids is 1. The maximum absolute atomic E-state index is 11.7. The second kappa shape index (κ2) is 6.30. The third-order valence-corrected chi connectivity index (χ3v) is 3.88. The standard InChI is InChI=1S/C11H13ClINO2/c1-3-14(4-2)11(15)16-9-7-5-6-8(12)10(9)13/h5-7H,3-4H2,1-2H3. The molecule has 1 rings (SSSR count). The Morgan fingerprint density at radius 3 is 2.62 bits per heavy atom. The molecule has 0 fully saturated rings. The highest BCUT2D eigenvalue weighted by Gasteiger charge is 2.14. The third kappa shape index (κ3) is 3.25. The van der Waals surface area contributed by atoms with Crippen molar-refractivity contribution in [2.75, 3.05) is 13.1 Å². The van der Waals surface area contributed by atoms with Crippen LogP contribution in [0, 0.1) is 3.57 Å². The first-order valence-electron chi connectivity index (χ1n) is 5.00. The summed E-state index contributed by atoms with van der Waals surface area (Å²) in [7, 11) is 0. The van der Waals surface area contributed by atoms with E-state index >= 15 is 0 Å². The van der Waals surface area contributed by atoms with Crippen molar-refractivity contribution in [1.29, 1.82) is 0 Å². The third-order valence-electron chi connectivity index (χ3n) is 2.14. The molecule has 0 atom stereocenters. The fourth-order valence-corrected chi connectivity index (χ4v) is 1.84. The lowest BCUT2D eigenvalue weighted by Gasteiger charge is -2.18. The minimum Gasteiger partial charge on any atom is -0.409 e. The van der Waals surface area contributed by atoms with Gasteiger partial charge in [-0.05, 0) is 48.6 Å². The van der Waals surface area contributed by atoms with Gasteiger partial charge in [-0.25, -0.2) is 4.79 Å². The van der Waals surface area contributed by atoms with Gasteiger partial charge in [-0.15, -0.1) is 0 Å². The van der Waals surface area contributed by atoms with Gasteiger partial charge in [0, 0.05) is 13.1 Å². The lowest BCUT2D eigenvalue weighted by molar-refractivity contribution is 0.157. The van der Waals surface area contributed by atoms with Crippen molar-refractivity contribution >= 4 is 40.3 Å². The Morgan fingerprint density at radius 1 is 1.44 bits per heavy atom. The number of ether oxygens (including phenoxy) is 1. The largest absolute Gasteiger partial charge is 0.415 e. The number of benzene rings is 1. The van der Waals surface area contributed by atoms with E-state index in [2.05, 4.69) is 22.6 Å². The van der Waals surface area contributed by atoms with Crippen molar-refractivity contribution in [2.45, 2.75) is 13.8 Å². The van der Waals surface area contributed by atoms with Crippen molar-refractivity contribution in [3.63, 3.8) is 0 Å². The molecule has 88 valence electrons. The molecule has 0 bridgehead atoms. The van der Waals surface area contributed by atoms with E-state index < -0.39 is 0 Å². The summed E-state index contributed by atoms with van der Waals surface area (Å²) >= 11 is 7.99. The Bertz CT molecular complexity index is 380. The topological polar surface area (TPSA) is 29.5 Å². The smallest absolute Gasteiger partial charge is 0.409 e. The number of hydrogen-bond acceptors (Lipinski definition) is 2. The van der Waals surface area contributed by atoms with Crippen LogP contribution in [0.5, 0.6) is 5.75 Å². The van der Waals surface area contributed by atoms with Crippen molar-refractivity contribution < 1.29 is 9.53 Å². The molecule has 0 aliphatic heterocycles. The maximum Gasteiger partial charge on any atom is 0.415 e. The van der Waals surface area contributed by atoms with E-state index in [0.29, 0.717) is 23.9 Å². The predicted molar refractivity (Wildman–Crippen MR) is 73.1 cm³/mol. The minimum atomic E-state index is -0.342. The van der Waals surface area contributed by atoms with Gasteiger partial charge in [0.25, 0.3) is 0 Å². The van der Waals surface area contributed by atoms with Gasteiger partial charge in [0.1, 0.15) is 5.75 Å². The molecule has 0 radical (unpaired) electrons. The molecule has 0 aromatic heterocycles. The molecule has 0 saturated heterocycles. The lowest BCUT2D eigenvalue weighted by Crippen LogP contribution is -2.33. The zero-order chi connectivity index (χ0) is 12.1. The highest BCUT2D eigenvalue weighted by atomic mass is 127. The molecule has 0 aliphatic rings. The van der Waals surface area contributed by atoms with Crippen LogP contribution in [0.1, 0.15) is 13.8 Å². The summed E-state index contributed by atoms with van der Waals surface area (Å²) in [4.78, 5) is 13.3. The first-order chi connectivity index (χ1) is 7.60. The average Bonchev–Trinajstić information content (AvgIpc) is 2.26. The van der Waals surface area contributed by atoms with Crippen LogP contribution in [0.4, 0.5) is 4.79 Å². The van der Waals surface area contributed by atoms with Gasteiger partial charge in [0.05, 0.1) is 8.59 Å². The molecule has 0 unspecified atom stereocenters. The molecule has 3 nitrogen and oxygen atoms in total. The van der Waals surface area contributed by atoms with Gasteiger partial charge < -0.3 is 9.64 Å². The summed E-state index contributed by atoms with van der Waals surface area (Å²) in [6, 6.07) is 5.25. The van der Waals surface area contributed by atoms with Crippen LogP contribution in [-0.2, 0) is 0 Å². The van der Waals surface area contributed by atoms with Crippen LogP contribution >= 0.6 is 34.2 Å². The van der Waals surface area contributed by atoms with Crippen molar-refractivity contribution in [3.05, 3.63) is 26.8 Å². The van der Waals surface area contributed by atoms with E-state index in [1.165, 1.54) is 0 Å². The van der Waals surface area contributed by atoms with Gasteiger partial charge in [-0.3, -0.25) is 0 Å². The van der Waals surface area contributed by atoms with Crippen LogP contribution < -0.4 is 4.74 Å². The fourth-order valence-electron chi connectivity index (χ4n) is 1.20. The number of amides is 1. The Kier molecular flexibility index (Phi) is 5.34. The zero-order valence-electron chi connectivity index (χ0n) is 9.17. The van der Waals surface area contributed by atoms with Gasteiger partial charge in [-0.2, -0.15) is 0 Å². The molecule has 5 heteroatoms. The zero-order valence-corrected chi connectivity index (χ0v) is 12.1. The van der Waals surface area contributed by atoms with Gasteiger partial charge >= 0.3 is 6.09 Å². The summed E-state index contributed by atoms with van der Waals surface area (Å²) in [5.74, 6) is 0.505. The number of halogens is 2. The fraction of sp³-hybridized carbons (Fsp3) is 0.364. The van der Waals surface area contributed by atoms with Crippen molar-refractivity contribution in [3.8, 4) is 5.75 Å². The molecule has 16 heavy (non-hydrogen) atoms. The molecule has 1 aromatic rings. The normalized spacial score (nSPS) is 10.0. The quantitative estimate of drug-likeness (QED) is 0.774. The minimum absolute atomic E-state index is 0.342. The van der Waals surface area contributed by atoms with Gasteiger partial charge in [-0.1, -0.05) is 17.7 Å². The van der Waals surface area contributed by atoms with E-state index in [0.717, 1.165) is 3.57 Å². The highest BCUT2D eigenvalue weighted by Crippen LogP contribution is 2.28. The molecular weight excluding hydrogens is 340 g/mol. The van der Waals surface area contributed by atoms with E-state index in [9.17, 15) is 4.79 Å². The number of hydrogen-bond donors (Lipinski definition) is 0. The van der Waals surface area contributed by atoms with Crippen molar-refractivity contribution in [2.24, 2.45) is 0 Å². The van der Waals surface area contributed by atoms with Crippen LogP contribution in [0.25, 0.3) is 0 Å². The van der Waals surface area contributed by atoms with E-state index in [1.807, 2.05) is 13.8 Å². The number of carbonyl (C=O) groups is 1. The second-order valence-electron chi connectivity index (χ2n) is 3.09. The van der Waals surface area contributed by atoms with Crippen LogP contribution in [0.3, 0.4) is 0 Å². The average molecular weight is 354 g/mol. The van der Waals surface area contributed by atoms with E-state index in [1.54, 1.807) is 23.1 Å². The summed E-state index contributed by atoms with van der Waals surface area (Å²) in [6.07, 6.45) is -0.342. The number of nitrogens with zero attached hydrogens (tertiary/aromatic N) is 1. The molecule has 0 saturated carbocycles. The Balaban J connectivity index is 2.80. The van der Waals surface area contributed by atoms with Crippen molar-refractivity contribution in [1.82, 2.24) is 4.90 Å². The molecule has 1 amide bonds. The first kappa shape index (κ1) is 13.6. The second-order valence-corrected chi connectivity index (χ2v) is 4.58. The number of rotatable bonds is 3. The molecule has 1 aromatic carbocycles. The summed E-state index contributed by atoms with van der Waals surface area (Å²) < 4.78 is 6.02. The van der Waals surface area contributed by atoms with Crippen LogP contribution in [0.15, 0.2) is 18.2 Å². The SMILES string of the molecule is CCN(CC)C(=O)Oc1cccc(Cl)c1I. The first-order valence-corrected chi connectivity index (χ1v) is 6.46. The monoisotopic (exact) mass is 353 g/mol. The molecule has 0 spiro atoms. The lowest BCUT2D eigenvalue weighted by atomic mass is 10.3. The van der Waals surface area contributed by atoms with Crippen LogP contribution in [0.2, 0.25) is 5.02 Å². The Morgan fingerprint density at radius 2 is 2.06 bits per heavy atom.